The molecule has 0 unspecified atom stereocenters. The van der Waals surface area contributed by atoms with Gasteiger partial charge in [-0.05, 0) is 5.56 Å². The van der Waals surface area contributed by atoms with Crippen LogP contribution >= 0.6 is 0 Å². The van der Waals surface area contributed by atoms with Gasteiger partial charge < -0.3 is 0 Å². The first-order valence-electron chi connectivity index (χ1n) is 3.74. The van der Waals surface area contributed by atoms with E-state index in [2.05, 4.69) is 29.6 Å². The first kappa shape index (κ1) is 5.93. The Morgan fingerprint density at radius 2 is 1.90 bits per heavy atom. The molecule has 0 bridgehead atoms. The molecule has 0 aliphatic carbocycles. The molecule has 0 saturated heterocycles. The van der Waals surface area contributed by atoms with E-state index in [9.17, 15) is 0 Å². The molecule has 1 heterocycles. The summed E-state index contributed by atoms with van der Waals surface area (Å²) in [6.45, 7) is 2.19. The molecule has 2 rings (SSSR count). The van der Waals surface area contributed by atoms with Gasteiger partial charge in [0.25, 0.3) is 0 Å². The van der Waals surface area contributed by atoms with Crippen molar-refractivity contribution < 1.29 is 5.32 Å². The summed E-state index contributed by atoms with van der Waals surface area (Å²) < 4.78 is 0. The van der Waals surface area contributed by atoms with Crippen LogP contribution < -0.4 is 5.32 Å². The van der Waals surface area contributed by atoms with E-state index in [1.54, 1.807) is 0 Å². The molecule has 1 N–H and O–H groups in total. The average molecular weight is 133 g/mol. The second-order valence-electron chi connectivity index (χ2n) is 2.70. The predicted octanol–water partition coefficient (Wildman–Crippen LogP) is 0.0919. The van der Waals surface area contributed by atoms with Crippen molar-refractivity contribution in [2.45, 2.75) is 13.0 Å². The maximum absolute atomic E-state index is 3.34. The van der Waals surface area contributed by atoms with Crippen molar-refractivity contribution in [1.29, 1.82) is 0 Å². The van der Waals surface area contributed by atoms with E-state index in [0.717, 1.165) is 13.1 Å². The number of benzene rings is 1. The number of hydrogen-bond donors (Lipinski definition) is 1. The molecule has 1 heteroatoms. The minimum Gasteiger partial charge on any atom is -0.178 e. The average Bonchev–Trinajstić information content (AvgIpc) is 2.05. The molecule has 0 amide bonds. The van der Waals surface area contributed by atoms with Gasteiger partial charge in [-0.3, -0.25) is 0 Å². The quantitative estimate of drug-likeness (QED) is 0.516. The summed E-state index contributed by atoms with van der Waals surface area (Å²) in [7, 11) is 0. The largest absolute Gasteiger partial charge is 0.178 e. The monoisotopic (exact) mass is 133 g/mol. The number of hydrogen-bond acceptors (Lipinski definition) is 1. The SMILES string of the molecule is c1ccc2c(c1)CC[NH+]C2. The van der Waals surface area contributed by atoms with Crippen LogP contribution in [0, 0.1) is 0 Å². The second-order valence-corrected chi connectivity index (χ2v) is 2.70. The van der Waals surface area contributed by atoms with E-state index < -0.39 is 0 Å². The lowest BCUT2D eigenvalue weighted by Crippen LogP contribution is -2.84. The number of nitrogens with one attached hydrogen (secondary N) is 1. The summed E-state index contributed by atoms with van der Waals surface area (Å²) in [5, 5.41) is 3.34. The van der Waals surface area contributed by atoms with Gasteiger partial charge in [0.1, 0.15) is 13.1 Å². The van der Waals surface area contributed by atoms with Gasteiger partial charge >= 0.3 is 0 Å². The third-order valence-corrected chi connectivity index (χ3v) is 2.00. The van der Waals surface area contributed by atoms with E-state index in [1.807, 2.05) is 0 Å². The molecule has 1 aliphatic rings. The van der Waals surface area contributed by atoms with Crippen LogP contribution in [0.5, 0.6) is 0 Å². The molecule has 0 aromatic heterocycles. The molecule has 1 nitrogen and oxygen atoms in total. The number of rotatable bonds is 0. The molecule has 0 spiro atoms. The Bertz CT molecular complexity index is 205. The maximum atomic E-state index is 3.34. The Kier molecular flexibility index (Phi) is 1.44. The Morgan fingerprint density at radius 3 is 2.70 bits per heavy atom. The molecule has 0 saturated carbocycles. The zero-order valence-corrected chi connectivity index (χ0v) is 5.93. The summed E-state index contributed by atoms with van der Waals surface area (Å²) >= 11 is 0. The van der Waals surface area contributed by atoms with Crippen molar-refractivity contribution in [3.63, 3.8) is 0 Å². The van der Waals surface area contributed by atoms with Gasteiger partial charge in [0.2, 0.25) is 0 Å². The highest BCUT2D eigenvalue weighted by molar-refractivity contribution is 5.27. The van der Waals surface area contributed by atoms with Crippen molar-refractivity contribution in [2.24, 2.45) is 0 Å². The Labute approximate surface area is 61.1 Å². The van der Waals surface area contributed by atoms with Crippen LogP contribution in [0.25, 0.3) is 0 Å². The third kappa shape index (κ3) is 0.929. The fourth-order valence-electron chi connectivity index (χ4n) is 1.42. The highest BCUT2D eigenvalue weighted by Crippen LogP contribution is 2.08. The molecule has 1 aliphatic heterocycles. The Morgan fingerprint density at radius 1 is 1.10 bits per heavy atom. The fraction of sp³-hybridized carbons (Fsp3) is 0.333. The Hall–Kier alpha value is -0.820. The van der Waals surface area contributed by atoms with Gasteiger partial charge in [-0.15, -0.1) is 0 Å². The fourth-order valence-corrected chi connectivity index (χ4v) is 1.42. The standard InChI is InChI=1S/C9H11N/c1-2-4-9-7-10-6-5-8(9)3-1/h1-4,10H,5-7H2/q+1. The van der Waals surface area contributed by atoms with Gasteiger partial charge in [-0.2, -0.15) is 5.32 Å². The van der Waals surface area contributed by atoms with Crippen LogP contribution in [-0.4, -0.2) is 6.54 Å². The highest BCUT2D eigenvalue weighted by Gasteiger charge is 2.11. The van der Waals surface area contributed by atoms with Crippen molar-refractivity contribution in [1.82, 2.24) is 0 Å². The maximum Gasteiger partial charge on any atom is 0.146 e. The smallest absolute Gasteiger partial charge is 0.146 e. The number of fused-ring (bicyclic) bond motifs is 1. The highest BCUT2D eigenvalue weighted by atomic mass is 14.9. The summed E-state index contributed by atoms with van der Waals surface area (Å²) in [6.07, 6.45) is 1.19. The minimum atomic E-state index is 1.05. The topological polar surface area (TPSA) is 15.6 Å². The molecule has 0 fully saturated rings. The van der Waals surface area contributed by atoms with Crippen LogP contribution in [0.15, 0.2) is 24.3 Å². The molecule has 10 heavy (non-hydrogen) atoms. The predicted molar refractivity (Wildman–Crippen MR) is 39.7 cm³/mol. The lowest BCUT2D eigenvalue weighted by atomic mass is 10.0. The van der Waals surface area contributed by atoms with Gasteiger partial charge in [-0.1, -0.05) is 24.3 Å². The molecule has 1 aromatic carbocycles. The van der Waals surface area contributed by atoms with Crippen molar-refractivity contribution >= 4 is 0 Å². The normalized spacial score (nSPS) is 16.4. The lowest BCUT2D eigenvalue weighted by Gasteiger charge is -2.09. The van der Waals surface area contributed by atoms with E-state index in [-0.39, 0.29) is 0 Å². The minimum absolute atomic E-state index is 1.05. The van der Waals surface area contributed by atoms with Crippen LogP contribution in [0.2, 0.25) is 0 Å². The van der Waals surface area contributed by atoms with Gasteiger partial charge in [0, 0.05) is 12.0 Å². The second kappa shape index (κ2) is 2.43. The zero-order valence-electron chi connectivity index (χ0n) is 5.93. The summed E-state index contributed by atoms with van der Waals surface area (Å²) in [5.74, 6) is 0. The first-order valence-corrected chi connectivity index (χ1v) is 3.74. The van der Waals surface area contributed by atoms with Crippen molar-refractivity contribution in [3.05, 3.63) is 35.4 Å². The van der Waals surface area contributed by atoms with E-state index in [4.69, 9.17) is 0 Å². The lowest BCUT2D eigenvalue weighted by molar-refractivity contribution is -0.673. The zero-order chi connectivity index (χ0) is 6.81. The first-order chi connectivity index (χ1) is 4.97. The summed E-state index contributed by atoms with van der Waals surface area (Å²) in [5.41, 5.74) is 2.98. The van der Waals surface area contributed by atoms with E-state index in [1.165, 1.54) is 17.5 Å². The Balaban J connectivity index is 2.41. The van der Waals surface area contributed by atoms with Crippen LogP contribution in [0.1, 0.15) is 11.1 Å². The van der Waals surface area contributed by atoms with Crippen molar-refractivity contribution in [3.8, 4) is 0 Å². The molecule has 51 valence electrons. The molecule has 1 radical (unpaired) electrons. The summed E-state index contributed by atoms with van der Waals surface area (Å²) in [6, 6.07) is 8.63. The molecule has 1 aromatic rings. The van der Waals surface area contributed by atoms with E-state index >= 15 is 0 Å². The van der Waals surface area contributed by atoms with Crippen LogP contribution in [-0.2, 0) is 13.0 Å². The molecular weight excluding hydrogens is 122 g/mol. The van der Waals surface area contributed by atoms with Gasteiger partial charge in [0.05, 0.1) is 0 Å². The van der Waals surface area contributed by atoms with Gasteiger partial charge in [-0.25, -0.2) is 0 Å². The summed E-state index contributed by atoms with van der Waals surface area (Å²) in [4.78, 5) is 0. The van der Waals surface area contributed by atoms with Crippen LogP contribution in [0.3, 0.4) is 0 Å². The van der Waals surface area contributed by atoms with E-state index in [0.29, 0.717) is 0 Å². The molecule has 0 atom stereocenters. The van der Waals surface area contributed by atoms with Gasteiger partial charge in [0.15, 0.2) is 0 Å². The molecular formula is C9H11N+. The van der Waals surface area contributed by atoms with Crippen molar-refractivity contribution in [2.75, 3.05) is 6.54 Å². The van der Waals surface area contributed by atoms with Crippen LogP contribution in [0.4, 0.5) is 0 Å². The third-order valence-electron chi connectivity index (χ3n) is 2.00.